The number of benzene rings is 1. The molecule has 25 heavy (non-hydrogen) atoms. The van der Waals surface area contributed by atoms with Gasteiger partial charge < -0.3 is 9.80 Å². The number of hydrogen-bond donors (Lipinski definition) is 0. The van der Waals surface area contributed by atoms with E-state index in [9.17, 15) is 4.39 Å². The molecular weight excluding hydrogens is 319 g/mol. The lowest BCUT2D eigenvalue weighted by Gasteiger charge is -2.35. The van der Waals surface area contributed by atoms with Crippen LogP contribution in [0.5, 0.6) is 0 Å². The summed E-state index contributed by atoms with van der Waals surface area (Å²) in [6.07, 6.45) is 3.36. The molecule has 126 valence electrons. The van der Waals surface area contributed by atoms with E-state index in [0.29, 0.717) is 17.2 Å². The lowest BCUT2D eigenvalue weighted by molar-refractivity contribution is 0.627. The molecule has 0 N–H and O–H groups in total. The van der Waals surface area contributed by atoms with E-state index in [-0.39, 0.29) is 5.82 Å². The summed E-state index contributed by atoms with van der Waals surface area (Å²) in [7, 11) is 0. The van der Waals surface area contributed by atoms with Crippen molar-refractivity contribution >= 4 is 11.8 Å². The van der Waals surface area contributed by atoms with Crippen molar-refractivity contribution in [1.82, 2.24) is 20.2 Å². The smallest absolute Gasteiger partial charge is 0.246 e. The van der Waals surface area contributed by atoms with Gasteiger partial charge in [-0.15, -0.1) is 5.10 Å². The van der Waals surface area contributed by atoms with E-state index in [1.165, 1.54) is 12.1 Å². The molecule has 0 spiro atoms. The Morgan fingerprint density at radius 2 is 1.76 bits per heavy atom. The van der Waals surface area contributed by atoms with Crippen LogP contribution in [0.4, 0.5) is 16.2 Å². The van der Waals surface area contributed by atoms with E-state index in [0.717, 1.165) is 32.0 Å². The third-order valence-corrected chi connectivity index (χ3v) is 4.20. The number of halogens is 1. The fourth-order valence-electron chi connectivity index (χ4n) is 2.89. The van der Waals surface area contributed by atoms with Crippen molar-refractivity contribution in [3.05, 3.63) is 60.7 Å². The minimum Gasteiger partial charge on any atom is -0.353 e. The molecule has 1 aliphatic heterocycles. The number of anilines is 2. The second-order valence-corrected chi connectivity index (χ2v) is 5.81. The van der Waals surface area contributed by atoms with Gasteiger partial charge in [-0.1, -0.05) is 18.2 Å². The molecule has 3 heterocycles. The van der Waals surface area contributed by atoms with Crippen LogP contribution in [0.1, 0.15) is 0 Å². The van der Waals surface area contributed by atoms with E-state index in [1.807, 2.05) is 24.3 Å². The summed E-state index contributed by atoms with van der Waals surface area (Å²) in [5.74, 6) is 1.26. The molecule has 3 aromatic rings. The van der Waals surface area contributed by atoms with Gasteiger partial charge >= 0.3 is 0 Å². The predicted molar refractivity (Wildman–Crippen MR) is 93.9 cm³/mol. The maximum Gasteiger partial charge on any atom is 0.246 e. The van der Waals surface area contributed by atoms with Crippen LogP contribution in [-0.4, -0.2) is 46.3 Å². The zero-order valence-corrected chi connectivity index (χ0v) is 13.6. The molecule has 0 unspecified atom stereocenters. The topological polar surface area (TPSA) is 58.0 Å². The third-order valence-electron chi connectivity index (χ3n) is 4.20. The molecule has 1 aromatic carbocycles. The molecule has 0 aliphatic carbocycles. The molecule has 1 aliphatic rings. The lowest BCUT2D eigenvalue weighted by Crippen LogP contribution is -2.47. The van der Waals surface area contributed by atoms with E-state index < -0.39 is 0 Å². The molecule has 0 bridgehead atoms. The number of aromatic nitrogens is 4. The zero-order chi connectivity index (χ0) is 17.1. The Hall–Kier alpha value is -3.09. The first-order valence-electron chi connectivity index (χ1n) is 8.16. The van der Waals surface area contributed by atoms with Crippen LogP contribution < -0.4 is 9.80 Å². The number of hydrogen-bond acceptors (Lipinski definition) is 6. The van der Waals surface area contributed by atoms with E-state index in [2.05, 4.69) is 30.0 Å². The van der Waals surface area contributed by atoms with Crippen molar-refractivity contribution in [3.8, 4) is 11.3 Å². The van der Waals surface area contributed by atoms with Crippen LogP contribution in [0.25, 0.3) is 11.3 Å². The molecule has 0 amide bonds. The average molecular weight is 336 g/mol. The minimum absolute atomic E-state index is 0.290. The highest BCUT2D eigenvalue weighted by Gasteiger charge is 2.20. The van der Waals surface area contributed by atoms with Crippen LogP contribution in [0.15, 0.2) is 54.9 Å². The summed E-state index contributed by atoms with van der Waals surface area (Å²) in [6, 6.07) is 12.3. The van der Waals surface area contributed by atoms with Gasteiger partial charge in [-0.2, -0.15) is 5.10 Å². The Bertz CT molecular complexity index is 849. The highest BCUT2D eigenvalue weighted by molar-refractivity contribution is 5.59. The van der Waals surface area contributed by atoms with Crippen LogP contribution >= 0.6 is 0 Å². The largest absolute Gasteiger partial charge is 0.353 e. The standard InChI is InChI=1S/C18H17FN6/c19-15-5-3-4-14(12-15)16-13-21-23-18(22-16)25-10-8-24(9-11-25)17-6-1-2-7-20-17/h1-7,12-13H,8-11H2. The van der Waals surface area contributed by atoms with Crippen molar-refractivity contribution in [2.45, 2.75) is 0 Å². The number of rotatable bonds is 3. The van der Waals surface area contributed by atoms with Gasteiger partial charge in [0.15, 0.2) is 0 Å². The Balaban J connectivity index is 1.49. The second kappa shape index (κ2) is 6.80. The number of nitrogens with zero attached hydrogens (tertiary/aromatic N) is 6. The zero-order valence-electron chi connectivity index (χ0n) is 13.6. The summed E-state index contributed by atoms with van der Waals surface area (Å²) in [4.78, 5) is 13.3. The number of pyridine rings is 1. The van der Waals surface area contributed by atoms with Crippen molar-refractivity contribution < 1.29 is 4.39 Å². The van der Waals surface area contributed by atoms with E-state index >= 15 is 0 Å². The Morgan fingerprint density at radius 3 is 2.52 bits per heavy atom. The first-order valence-corrected chi connectivity index (χ1v) is 8.16. The van der Waals surface area contributed by atoms with Crippen molar-refractivity contribution in [2.75, 3.05) is 36.0 Å². The van der Waals surface area contributed by atoms with Gasteiger partial charge in [-0.25, -0.2) is 14.4 Å². The summed E-state index contributed by atoms with van der Waals surface area (Å²) in [6.45, 7) is 3.24. The molecule has 0 saturated carbocycles. The maximum absolute atomic E-state index is 13.4. The van der Waals surface area contributed by atoms with Crippen molar-refractivity contribution in [3.63, 3.8) is 0 Å². The summed E-state index contributed by atoms with van der Waals surface area (Å²) in [5, 5.41) is 8.19. The fourth-order valence-corrected chi connectivity index (χ4v) is 2.89. The van der Waals surface area contributed by atoms with Gasteiger partial charge in [0, 0.05) is 37.9 Å². The van der Waals surface area contributed by atoms with Crippen LogP contribution in [0.3, 0.4) is 0 Å². The first-order chi connectivity index (χ1) is 12.3. The van der Waals surface area contributed by atoms with E-state index in [4.69, 9.17) is 0 Å². The average Bonchev–Trinajstić information content (AvgIpc) is 2.69. The van der Waals surface area contributed by atoms with Crippen LogP contribution in [0.2, 0.25) is 0 Å². The quantitative estimate of drug-likeness (QED) is 0.732. The Morgan fingerprint density at radius 1 is 0.920 bits per heavy atom. The maximum atomic E-state index is 13.4. The van der Waals surface area contributed by atoms with Crippen LogP contribution in [-0.2, 0) is 0 Å². The third kappa shape index (κ3) is 3.40. The lowest BCUT2D eigenvalue weighted by atomic mass is 10.1. The highest BCUT2D eigenvalue weighted by Crippen LogP contribution is 2.20. The van der Waals surface area contributed by atoms with Crippen LogP contribution in [0, 0.1) is 5.82 Å². The van der Waals surface area contributed by atoms with Gasteiger partial charge in [0.1, 0.15) is 11.6 Å². The van der Waals surface area contributed by atoms with Gasteiger partial charge in [0.2, 0.25) is 5.95 Å². The molecule has 0 radical (unpaired) electrons. The molecule has 1 saturated heterocycles. The second-order valence-electron chi connectivity index (χ2n) is 5.81. The monoisotopic (exact) mass is 336 g/mol. The summed E-state index contributed by atoms with van der Waals surface area (Å²) < 4.78 is 13.4. The minimum atomic E-state index is -0.290. The first kappa shape index (κ1) is 15.4. The van der Waals surface area contributed by atoms with Crippen molar-refractivity contribution in [2.24, 2.45) is 0 Å². The molecule has 6 nitrogen and oxygen atoms in total. The fraction of sp³-hybridized carbons (Fsp3) is 0.222. The van der Waals surface area contributed by atoms with Gasteiger partial charge in [0.25, 0.3) is 0 Å². The van der Waals surface area contributed by atoms with Gasteiger partial charge in [-0.05, 0) is 24.3 Å². The molecule has 1 fully saturated rings. The molecule has 0 atom stereocenters. The molecule has 7 heteroatoms. The van der Waals surface area contributed by atoms with E-state index in [1.54, 1.807) is 18.5 Å². The Labute approximate surface area is 145 Å². The SMILES string of the molecule is Fc1cccc(-c2cnnc(N3CCN(c4ccccn4)CC3)n2)c1. The number of piperazine rings is 1. The summed E-state index contributed by atoms with van der Waals surface area (Å²) >= 11 is 0. The molecule has 2 aromatic heterocycles. The van der Waals surface area contributed by atoms with Crippen molar-refractivity contribution in [1.29, 1.82) is 0 Å². The normalized spacial score (nSPS) is 14.6. The Kier molecular flexibility index (Phi) is 4.20. The molecule has 4 rings (SSSR count). The summed E-state index contributed by atoms with van der Waals surface area (Å²) in [5.41, 5.74) is 1.32. The highest BCUT2D eigenvalue weighted by atomic mass is 19.1. The van der Waals surface area contributed by atoms with Gasteiger partial charge in [0.05, 0.1) is 11.9 Å². The molecular formula is C18H17FN6. The van der Waals surface area contributed by atoms with Gasteiger partial charge in [-0.3, -0.25) is 0 Å². The predicted octanol–water partition coefficient (Wildman–Crippen LogP) is 2.40.